The van der Waals surface area contributed by atoms with Crippen LogP contribution < -0.4 is 9.47 Å². The molecule has 0 saturated heterocycles. The molecule has 0 fully saturated rings. The Labute approximate surface area is 227 Å². The van der Waals surface area contributed by atoms with E-state index in [0.29, 0.717) is 17.7 Å². The van der Waals surface area contributed by atoms with Crippen LogP contribution in [-0.2, 0) is 17.6 Å². The van der Waals surface area contributed by atoms with Gasteiger partial charge < -0.3 is 14.3 Å². The fourth-order valence-corrected chi connectivity index (χ4v) is 6.39. The highest BCUT2D eigenvalue weighted by Gasteiger charge is 2.40. The first-order valence-electron chi connectivity index (χ1n) is 10.8. The quantitative estimate of drug-likeness (QED) is 0.120. The van der Waals surface area contributed by atoms with Crippen molar-refractivity contribution in [3.05, 3.63) is 59.2 Å². The van der Waals surface area contributed by atoms with E-state index in [1.165, 1.54) is 0 Å². The Morgan fingerprint density at radius 1 is 0.970 bits per heavy atom. The molecule has 0 heterocycles. The van der Waals surface area contributed by atoms with Crippen molar-refractivity contribution in [2.75, 3.05) is 0 Å². The molecule has 2 aromatic rings. The summed E-state index contributed by atoms with van der Waals surface area (Å²) in [6.45, 7) is 9.49. The summed E-state index contributed by atoms with van der Waals surface area (Å²) >= 11 is 1.88. The van der Waals surface area contributed by atoms with Crippen LogP contribution in [0.3, 0.4) is 0 Å². The predicted octanol–water partition coefficient (Wildman–Crippen LogP) is 6.75. The molecule has 2 aromatic carbocycles. The van der Waals surface area contributed by atoms with Gasteiger partial charge in [0.05, 0.1) is 8.07 Å². The van der Waals surface area contributed by atoms with E-state index < -0.39 is 22.4 Å². The van der Waals surface area contributed by atoms with Crippen LogP contribution in [0.25, 0.3) is 0 Å². The number of Topliss-reactive ketones (excluding diaryl/α,β-unsaturated/α-hetero) is 1. The normalized spacial score (nSPS) is 11.6. The van der Waals surface area contributed by atoms with E-state index in [1.807, 2.05) is 45.0 Å². The maximum absolute atomic E-state index is 12.9. The number of ether oxygens (including phenoxy) is 2. The van der Waals surface area contributed by atoms with Gasteiger partial charge in [-0.1, -0.05) is 47.4 Å². The Morgan fingerprint density at radius 2 is 1.58 bits per heavy atom. The topological polar surface area (TPSA) is 69.7 Å². The van der Waals surface area contributed by atoms with Gasteiger partial charge in [-0.2, -0.15) is 0 Å². The van der Waals surface area contributed by atoms with Gasteiger partial charge in [0.25, 0.3) is 0 Å². The third-order valence-corrected chi connectivity index (χ3v) is 8.63. The molecule has 0 aliphatic heterocycles. The third kappa shape index (κ3) is 8.64. The number of benzene rings is 2. The maximum Gasteiger partial charge on any atom is 0.527 e. The van der Waals surface area contributed by atoms with Gasteiger partial charge in [-0.05, 0) is 98.2 Å². The van der Waals surface area contributed by atoms with Gasteiger partial charge in [0.1, 0.15) is 11.5 Å². The highest BCUT2D eigenvalue weighted by molar-refractivity contribution is 14.1. The molecule has 0 atom stereocenters. The SMILES string of the molecule is CCc1cc(C(=O)Cc2ccc(OC(C)(C)I)cc2)ccc1O[C](=O)[Al]([CH3])[C](=O)C(C)(C)I. The molecule has 0 aromatic heterocycles. The van der Waals surface area contributed by atoms with Crippen LogP contribution in [0.1, 0.15) is 56.1 Å². The monoisotopic (exact) mass is 690 g/mol. The molecule has 0 unspecified atom stereocenters. The first-order chi connectivity index (χ1) is 15.2. The van der Waals surface area contributed by atoms with Crippen LogP contribution in [0.15, 0.2) is 42.5 Å². The Bertz CT molecular complexity index is 1020. The molecule has 0 N–H and O–H groups in total. The van der Waals surface area contributed by atoms with Crippen LogP contribution in [0.4, 0.5) is 4.79 Å². The second-order valence-electron chi connectivity index (χ2n) is 8.86. The lowest BCUT2D eigenvalue weighted by Crippen LogP contribution is -2.43. The number of halogens is 2. The van der Waals surface area contributed by atoms with Crippen LogP contribution in [0.5, 0.6) is 11.5 Å². The van der Waals surface area contributed by atoms with Gasteiger partial charge in [-0.15, -0.1) is 0 Å². The lowest BCUT2D eigenvalue weighted by molar-refractivity contribution is -0.113. The lowest BCUT2D eigenvalue weighted by atomic mass is 10.00. The van der Waals surface area contributed by atoms with Crippen molar-refractivity contribution in [3.63, 3.8) is 0 Å². The number of alkyl halides is 2. The van der Waals surface area contributed by atoms with Crippen LogP contribution >= 0.6 is 45.2 Å². The largest absolute Gasteiger partial charge is 0.527 e. The summed E-state index contributed by atoms with van der Waals surface area (Å²) in [7, 11) is 0. The minimum absolute atomic E-state index is 0.0185. The Kier molecular flexibility index (Phi) is 9.98. The van der Waals surface area contributed by atoms with E-state index in [1.54, 1.807) is 37.8 Å². The molecule has 0 saturated carbocycles. The number of ketones is 1. The molecule has 8 heteroatoms. The first-order valence-corrected chi connectivity index (χ1v) is 15.3. The first kappa shape index (κ1) is 28.3. The molecule has 0 radical (unpaired) electrons. The second kappa shape index (κ2) is 11.6. The molecule has 0 aliphatic rings. The number of aryl methyl sites for hydroxylation is 1. The molecule has 2 rings (SSSR count). The number of rotatable bonds is 10. The maximum atomic E-state index is 12.9. The second-order valence-corrected chi connectivity index (χ2v) is 16.6. The van der Waals surface area contributed by atoms with Crippen molar-refractivity contribution in [3.8, 4) is 11.5 Å². The average Bonchev–Trinajstić information content (AvgIpc) is 2.72. The number of hydrogen-bond acceptors (Lipinski definition) is 5. The van der Waals surface area contributed by atoms with Crippen molar-refractivity contribution < 1.29 is 23.9 Å². The number of hydrogen-bond donors (Lipinski definition) is 0. The van der Waals surface area contributed by atoms with Crippen LogP contribution in [0.2, 0.25) is 5.79 Å². The van der Waals surface area contributed by atoms with E-state index in [4.69, 9.17) is 9.47 Å². The van der Waals surface area contributed by atoms with Gasteiger partial charge >= 0.3 is 14.1 Å². The van der Waals surface area contributed by atoms with E-state index in [9.17, 15) is 14.4 Å². The highest BCUT2D eigenvalue weighted by Crippen LogP contribution is 2.26. The predicted molar refractivity (Wildman–Crippen MR) is 150 cm³/mol. The molecule has 0 amide bonds. The van der Waals surface area contributed by atoms with Crippen molar-refractivity contribution in [1.82, 2.24) is 0 Å². The Balaban J connectivity index is 2.11. The molecular weight excluding hydrogens is 661 g/mol. The summed E-state index contributed by atoms with van der Waals surface area (Å²) in [5.41, 5.74) is 2.23. The standard InChI is InChI=1S/C20H20IO4.C4H6IO.CH3.Al/c1-4-15-12-16(7-10-19(15)24-13-22)18(23)11-14-5-8-17(9-6-14)25-20(2,3)21;1-4(2,5)3-6;;/h5-10,12H,4,11H2,1-3H3;1-2H3;1H3;. The van der Waals surface area contributed by atoms with Gasteiger partial charge in [0.2, 0.25) is 4.83 Å². The molecule has 0 aliphatic carbocycles. The van der Waals surface area contributed by atoms with Crippen molar-refractivity contribution >= 4 is 74.6 Å². The summed E-state index contributed by atoms with van der Waals surface area (Å²) in [5, 5.41) is 0. The molecule has 5 nitrogen and oxygen atoms in total. The fourth-order valence-electron chi connectivity index (χ4n) is 3.19. The summed E-state index contributed by atoms with van der Waals surface area (Å²) in [4.78, 5) is 37.4. The Morgan fingerprint density at radius 3 is 2.09 bits per heavy atom. The summed E-state index contributed by atoms with van der Waals surface area (Å²) < 4.78 is 10.5. The van der Waals surface area contributed by atoms with Crippen molar-refractivity contribution in [1.29, 1.82) is 0 Å². The molecule has 0 spiro atoms. The highest BCUT2D eigenvalue weighted by atomic mass is 127. The molecule has 33 heavy (non-hydrogen) atoms. The number of carbonyl (C=O) groups excluding carboxylic acids is 3. The van der Waals surface area contributed by atoms with E-state index >= 15 is 0 Å². The number of carbonyl (C=O) groups is 3. The minimum atomic E-state index is -2.40. The zero-order valence-corrected chi connectivity index (χ0v) is 25.3. The van der Waals surface area contributed by atoms with Crippen molar-refractivity contribution in [2.45, 2.75) is 60.3 Å². The summed E-state index contributed by atoms with van der Waals surface area (Å²) in [5.74, 6) is 2.86. The van der Waals surface area contributed by atoms with Gasteiger partial charge in [0, 0.05) is 12.0 Å². The summed E-state index contributed by atoms with van der Waals surface area (Å²) in [6, 6.07) is 12.6. The third-order valence-electron chi connectivity index (χ3n) is 4.96. The smallest absolute Gasteiger partial charge is 0.478 e. The van der Waals surface area contributed by atoms with Crippen molar-refractivity contribution in [2.24, 2.45) is 0 Å². The lowest BCUT2D eigenvalue weighted by Gasteiger charge is -2.19. The summed E-state index contributed by atoms with van der Waals surface area (Å²) in [6.07, 6.45) is 0.864. The molecule has 0 bridgehead atoms. The molecule has 176 valence electrons. The van der Waals surface area contributed by atoms with E-state index in [0.717, 1.165) is 16.9 Å². The molecular formula is C25H29AlI2O5. The van der Waals surface area contributed by atoms with Crippen LogP contribution in [-0.4, -0.2) is 36.4 Å². The van der Waals surface area contributed by atoms with E-state index in [2.05, 4.69) is 45.2 Å². The van der Waals surface area contributed by atoms with E-state index in [-0.39, 0.29) is 20.5 Å². The average molecular weight is 690 g/mol. The van der Waals surface area contributed by atoms with Crippen LogP contribution in [0, 0.1) is 0 Å². The fraction of sp³-hybridized carbons (Fsp3) is 0.400. The van der Waals surface area contributed by atoms with Gasteiger partial charge in [0.15, 0.2) is 9.39 Å². The zero-order valence-electron chi connectivity index (χ0n) is 19.8. The van der Waals surface area contributed by atoms with Gasteiger partial charge in [-0.25, -0.2) is 0 Å². The minimum Gasteiger partial charge on any atom is -0.478 e. The zero-order chi connectivity index (χ0) is 25.0. The Hall–Kier alpha value is -0.958. The van der Waals surface area contributed by atoms with Gasteiger partial charge in [-0.3, -0.25) is 9.59 Å².